The molecular formula is C23H22N4O2. The monoisotopic (exact) mass is 386 g/mol. The molecule has 1 fully saturated rings. The van der Waals surface area contributed by atoms with Crippen molar-refractivity contribution < 1.29 is 9.59 Å². The fourth-order valence-electron chi connectivity index (χ4n) is 4.45. The molecule has 6 heteroatoms. The maximum atomic E-state index is 13.2. The molecule has 2 aliphatic heterocycles. The van der Waals surface area contributed by atoms with E-state index in [1.54, 1.807) is 6.20 Å². The zero-order valence-electron chi connectivity index (χ0n) is 16.0. The first-order chi connectivity index (χ1) is 14.2. The van der Waals surface area contributed by atoms with E-state index in [0.29, 0.717) is 31.7 Å². The third kappa shape index (κ3) is 3.20. The maximum absolute atomic E-state index is 13.2. The Labute approximate surface area is 169 Å². The fraction of sp³-hybridized carbons (Fsp3) is 0.261. The molecule has 1 saturated heterocycles. The highest BCUT2D eigenvalue weighted by atomic mass is 16.2. The minimum atomic E-state index is -0.0517. The van der Waals surface area contributed by atoms with Crippen LogP contribution in [0.5, 0.6) is 0 Å². The van der Waals surface area contributed by atoms with Gasteiger partial charge in [0.25, 0.3) is 5.91 Å². The van der Waals surface area contributed by atoms with Crippen molar-refractivity contribution in [3.63, 3.8) is 0 Å². The molecule has 0 N–H and O–H groups in total. The number of rotatable bonds is 4. The largest absolute Gasteiger partial charge is 0.338 e. The molecule has 29 heavy (non-hydrogen) atoms. The minimum Gasteiger partial charge on any atom is -0.338 e. The summed E-state index contributed by atoms with van der Waals surface area (Å²) < 4.78 is 2.04. The van der Waals surface area contributed by atoms with Crippen molar-refractivity contribution in [1.29, 1.82) is 0 Å². The second kappa shape index (κ2) is 7.20. The number of fused-ring (bicyclic) bond motifs is 3. The van der Waals surface area contributed by atoms with Crippen LogP contribution < -0.4 is 0 Å². The molecule has 0 unspecified atom stereocenters. The SMILES string of the molecule is O=C(Cc1ccccc1)N1C[C@@H]2[C@H](C1)n1cccc1C(=O)N2Cc1ccccn1. The molecule has 5 rings (SSSR count). The standard InChI is InChI=1S/C23H22N4O2/c28-22(13-17-7-2-1-3-8-17)25-15-20-21(16-25)27(14-18-9-4-5-11-24-18)23(29)19-10-6-12-26(19)20/h1-12,20-21H,13-16H2/t20-,21+/m0/s1. The Balaban J connectivity index is 1.41. The lowest BCUT2D eigenvalue weighted by Crippen LogP contribution is -2.50. The zero-order valence-corrected chi connectivity index (χ0v) is 16.0. The van der Waals surface area contributed by atoms with Gasteiger partial charge in [-0.15, -0.1) is 0 Å². The van der Waals surface area contributed by atoms with Crippen LogP contribution in [0.15, 0.2) is 73.1 Å². The first kappa shape index (κ1) is 17.7. The van der Waals surface area contributed by atoms with Gasteiger partial charge in [0.2, 0.25) is 5.91 Å². The van der Waals surface area contributed by atoms with Crippen LogP contribution in [-0.4, -0.2) is 50.3 Å². The number of pyridine rings is 1. The van der Waals surface area contributed by atoms with Gasteiger partial charge in [-0.25, -0.2) is 0 Å². The molecule has 4 heterocycles. The molecule has 2 atom stereocenters. The highest BCUT2D eigenvalue weighted by molar-refractivity contribution is 5.94. The lowest BCUT2D eigenvalue weighted by molar-refractivity contribution is -0.129. The van der Waals surface area contributed by atoms with Gasteiger partial charge >= 0.3 is 0 Å². The van der Waals surface area contributed by atoms with Crippen LogP contribution in [-0.2, 0) is 17.8 Å². The highest BCUT2D eigenvalue weighted by Gasteiger charge is 2.46. The van der Waals surface area contributed by atoms with E-state index in [1.807, 2.05) is 81.2 Å². The molecule has 3 aromatic rings. The van der Waals surface area contributed by atoms with Crippen molar-refractivity contribution in [3.05, 3.63) is 90.0 Å². The van der Waals surface area contributed by atoms with Gasteiger partial charge in [0.05, 0.1) is 30.7 Å². The van der Waals surface area contributed by atoms with Crippen molar-refractivity contribution in [2.45, 2.75) is 25.0 Å². The molecule has 2 aliphatic rings. The number of nitrogens with zero attached hydrogens (tertiary/aromatic N) is 4. The Morgan fingerprint density at radius 3 is 2.55 bits per heavy atom. The Morgan fingerprint density at radius 2 is 1.76 bits per heavy atom. The van der Waals surface area contributed by atoms with Crippen molar-refractivity contribution >= 4 is 11.8 Å². The van der Waals surface area contributed by atoms with Crippen LogP contribution in [0.4, 0.5) is 0 Å². The van der Waals surface area contributed by atoms with Crippen LogP contribution in [0.2, 0.25) is 0 Å². The Morgan fingerprint density at radius 1 is 0.966 bits per heavy atom. The fourth-order valence-corrected chi connectivity index (χ4v) is 4.45. The van der Waals surface area contributed by atoms with Gasteiger partial charge in [-0.3, -0.25) is 14.6 Å². The number of hydrogen-bond acceptors (Lipinski definition) is 3. The van der Waals surface area contributed by atoms with Gasteiger partial charge in [-0.2, -0.15) is 0 Å². The van der Waals surface area contributed by atoms with Crippen LogP contribution >= 0.6 is 0 Å². The Kier molecular flexibility index (Phi) is 4.39. The molecule has 0 radical (unpaired) electrons. The molecular weight excluding hydrogens is 364 g/mol. The Hall–Kier alpha value is -3.41. The van der Waals surface area contributed by atoms with E-state index in [2.05, 4.69) is 4.98 Å². The number of aromatic nitrogens is 2. The summed E-state index contributed by atoms with van der Waals surface area (Å²) in [5.74, 6) is 0.101. The molecule has 0 spiro atoms. The summed E-state index contributed by atoms with van der Waals surface area (Å²) in [6, 6.07) is 19.3. The van der Waals surface area contributed by atoms with E-state index >= 15 is 0 Å². The number of carbonyl (C=O) groups excluding carboxylic acids is 2. The molecule has 6 nitrogen and oxygen atoms in total. The lowest BCUT2D eigenvalue weighted by Gasteiger charge is -2.37. The number of amides is 2. The van der Waals surface area contributed by atoms with Gasteiger partial charge < -0.3 is 14.4 Å². The summed E-state index contributed by atoms with van der Waals surface area (Å²) in [4.78, 5) is 34.3. The Bertz CT molecular complexity index is 1030. The summed E-state index contributed by atoms with van der Waals surface area (Å²) >= 11 is 0. The van der Waals surface area contributed by atoms with Crippen molar-refractivity contribution in [3.8, 4) is 0 Å². The van der Waals surface area contributed by atoms with Crippen LogP contribution in [0.3, 0.4) is 0 Å². The second-order valence-electron chi connectivity index (χ2n) is 7.65. The van der Waals surface area contributed by atoms with E-state index in [9.17, 15) is 9.59 Å². The predicted octanol–water partition coefficient (Wildman–Crippen LogP) is 2.53. The summed E-state index contributed by atoms with van der Waals surface area (Å²) in [7, 11) is 0. The van der Waals surface area contributed by atoms with E-state index in [1.165, 1.54) is 0 Å². The molecule has 2 amide bonds. The number of benzene rings is 1. The van der Waals surface area contributed by atoms with Gasteiger partial charge in [-0.05, 0) is 29.8 Å². The summed E-state index contributed by atoms with van der Waals surface area (Å²) in [6.07, 6.45) is 4.08. The normalized spacial score (nSPS) is 20.5. The van der Waals surface area contributed by atoms with Gasteiger partial charge in [-0.1, -0.05) is 36.4 Å². The first-order valence-electron chi connectivity index (χ1n) is 9.90. The average molecular weight is 386 g/mol. The van der Waals surface area contributed by atoms with E-state index in [0.717, 1.165) is 11.3 Å². The summed E-state index contributed by atoms with van der Waals surface area (Å²) in [5.41, 5.74) is 2.55. The molecule has 2 aromatic heterocycles. The first-order valence-corrected chi connectivity index (χ1v) is 9.90. The smallest absolute Gasteiger partial charge is 0.271 e. The summed E-state index contributed by atoms with van der Waals surface area (Å²) in [6.45, 7) is 1.61. The molecule has 0 bridgehead atoms. The van der Waals surface area contributed by atoms with Crippen LogP contribution in [0.25, 0.3) is 0 Å². The van der Waals surface area contributed by atoms with E-state index < -0.39 is 0 Å². The van der Waals surface area contributed by atoms with Gasteiger partial charge in [0.1, 0.15) is 5.69 Å². The predicted molar refractivity (Wildman–Crippen MR) is 108 cm³/mol. The molecule has 0 saturated carbocycles. The highest BCUT2D eigenvalue weighted by Crippen LogP contribution is 2.34. The topological polar surface area (TPSA) is 58.4 Å². The number of hydrogen-bond donors (Lipinski definition) is 0. The van der Waals surface area contributed by atoms with E-state index in [4.69, 9.17) is 0 Å². The second-order valence-corrected chi connectivity index (χ2v) is 7.65. The van der Waals surface area contributed by atoms with Crippen LogP contribution in [0, 0.1) is 0 Å². The van der Waals surface area contributed by atoms with Crippen molar-refractivity contribution in [1.82, 2.24) is 19.4 Å². The van der Waals surface area contributed by atoms with Gasteiger partial charge in [0, 0.05) is 25.5 Å². The third-order valence-corrected chi connectivity index (χ3v) is 5.88. The van der Waals surface area contributed by atoms with E-state index in [-0.39, 0.29) is 23.9 Å². The zero-order chi connectivity index (χ0) is 19.8. The third-order valence-electron chi connectivity index (χ3n) is 5.88. The number of likely N-dealkylation sites (tertiary alicyclic amines) is 1. The van der Waals surface area contributed by atoms with Crippen LogP contribution in [0.1, 0.15) is 27.8 Å². The maximum Gasteiger partial charge on any atom is 0.271 e. The minimum absolute atomic E-state index is 0.000684. The van der Waals surface area contributed by atoms with Crippen molar-refractivity contribution in [2.24, 2.45) is 0 Å². The molecule has 1 aromatic carbocycles. The summed E-state index contributed by atoms with van der Waals surface area (Å²) in [5, 5.41) is 0. The molecule has 146 valence electrons. The average Bonchev–Trinajstić information content (AvgIpc) is 3.40. The van der Waals surface area contributed by atoms with Gasteiger partial charge in [0.15, 0.2) is 0 Å². The van der Waals surface area contributed by atoms with Crippen molar-refractivity contribution in [2.75, 3.05) is 13.1 Å². The lowest BCUT2D eigenvalue weighted by atomic mass is 10.1. The number of carbonyl (C=O) groups is 2. The molecule has 0 aliphatic carbocycles. The quantitative estimate of drug-likeness (QED) is 0.692.